The van der Waals surface area contributed by atoms with Gasteiger partial charge in [0.25, 0.3) is 0 Å². The average Bonchev–Trinajstić information content (AvgIpc) is 2.46. The molecule has 0 saturated carbocycles. The van der Waals surface area contributed by atoms with Crippen LogP contribution in [0.3, 0.4) is 0 Å². The van der Waals surface area contributed by atoms with Crippen molar-refractivity contribution in [1.82, 2.24) is 9.97 Å². The average molecular weight is 309 g/mol. The first-order valence-corrected chi connectivity index (χ1v) is 7.02. The predicted octanol–water partition coefficient (Wildman–Crippen LogP) is 4.26. The largest absolute Gasteiger partial charge is 0.298 e. The number of rotatable bonds is 4. The zero-order valence-electron chi connectivity index (χ0n) is 11.2. The Bertz CT molecular complexity index is 577. The topological polar surface area (TPSA) is 42.9 Å². The molecule has 0 amide bonds. The molecule has 3 nitrogen and oxygen atoms in total. The second-order valence-electron chi connectivity index (χ2n) is 4.61. The Morgan fingerprint density at radius 1 is 0.950 bits per heavy atom. The highest BCUT2D eigenvalue weighted by Gasteiger charge is 2.26. The maximum atomic E-state index is 12.6. The number of Topliss-reactive ketones (excluding diaryl/α,β-unsaturated/α-hetero) is 1. The zero-order chi connectivity index (χ0) is 14.7. The maximum Gasteiger partial charge on any atom is 0.147 e. The number of nitrogens with zero attached hydrogens (tertiary/aromatic N) is 2. The van der Waals surface area contributed by atoms with Gasteiger partial charge in [0.1, 0.15) is 16.1 Å². The molecule has 20 heavy (non-hydrogen) atoms. The Hall–Kier alpha value is -1.45. The minimum Gasteiger partial charge on any atom is -0.298 e. The first-order chi connectivity index (χ1) is 9.52. The summed E-state index contributed by atoms with van der Waals surface area (Å²) in [6.07, 6.45) is 3.20. The highest BCUT2D eigenvalue weighted by atomic mass is 35.5. The summed E-state index contributed by atoms with van der Waals surface area (Å²) in [6, 6.07) is 7.17. The standard InChI is InChI=1S/C15H14Cl2N2O/c1-9(11-5-3-7-18-14(11)16)13(20)10(2)12-6-4-8-19-15(12)17/h3-10H,1-2H3. The van der Waals surface area contributed by atoms with E-state index in [4.69, 9.17) is 23.2 Å². The van der Waals surface area contributed by atoms with Gasteiger partial charge in [0.15, 0.2) is 0 Å². The highest BCUT2D eigenvalue weighted by Crippen LogP contribution is 2.31. The van der Waals surface area contributed by atoms with E-state index in [0.29, 0.717) is 10.3 Å². The molecule has 2 atom stereocenters. The van der Waals surface area contributed by atoms with Crippen LogP contribution >= 0.6 is 23.2 Å². The van der Waals surface area contributed by atoms with Crippen LogP contribution in [0.1, 0.15) is 36.8 Å². The van der Waals surface area contributed by atoms with Gasteiger partial charge in [0.05, 0.1) is 0 Å². The quantitative estimate of drug-likeness (QED) is 0.793. The lowest BCUT2D eigenvalue weighted by Gasteiger charge is -2.18. The van der Waals surface area contributed by atoms with Gasteiger partial charge in [0.2, 0.25) is 0 Å². The number of aromatic nitrogens is 2. The molecule has 0 N–H and O–H groups in total. The summed E-state index contributed by atoms with van der Waals surface area (Å²) >= 11 is 12.1. The molecule has 2 heterocycles. The van der Waals surface area contributed by atoms with Crippen molar-refractivity contribution in [3.8, 4) is 0 Å². The summed E-state index contributed by atoms with van der Waals surface area (Å²) in [7, 11) is 0. The number of carbonyl (C=O) groups is 1. The third kappa shape index (κ3) is 3.00. The molecule has 0 aliphatic heterocycles. The fraction of sp³-hybridized carbons (Fsp3) is 0.267. The van der Waals surface area contributed by atoms with E-state index in [1.54, 1.807) is 24.5 Å². The van der Waals surface area contributed by atoms with E-state index < -0.39 is 0 Å². The van der Waals surface area contributed by atoms with Crippen LogP contribution in [-0.4, -0.2) is 15.8 Å². The first kappa shape index (κ1) is 14.9. The smallest absolute Gasteiger partial charge is 0.147 e. The van der Waals surface area contributed by atoms with Gasteiger partial charge < -0.3 is 0 Å². The van der Waals surface area contributed by atoms with Crippen LogP contribution in [0, 0.1) is 0 Å². The molecule has 104 valence electrons. The minimum atomic E-state index is -0.345. The molecule has 2 aromatic heterocycles. The molecule has 2 aromatic rings. The SMILES string of the molecule is CC(C(=O)C(C)c1cccnc1Cl)c1cccnc1Cl. The lowest BCUT2D eigenvalue weighted by Crippen LogP contribution is -2.17. The fourth-order valence-corrected chi connectivity index (χ4v) is 2.69. The summed E-state index contributed by atoms with van der Waals surface area (Å²) in [5.41, 5.74) is 1.46. The summed E-state index contributed by atoms with van der Waals surface area (Å²) < 4.78 is 0. The van der Waals surface area contributed by atoms with E-state index in [2.05, 4.69) is 9.97 Å². The van der Waals surface area contributed by atoms with Gasteiger partial charge in [-0.25, -0.2) is 9.97 Å². The van der Waals surface area contributed by atoms with Gasteiger partial charge in [-0.05, 0) is 23.3 Å². The normalized spacial score (nSPS) is 13.8. The molecule has 0 aliphatic rings. The van der Waals surface area contributed by atoms with Gasteiger partial charge >= 0.3 is 0 Å². The number of hydrogen-bond donors (Lipinski definition) is 0. The van der Waals surface area contributed by atoms with Gasteiger partial charge in [-0.15, -0.1) is 0 Å². The Morgan fingerprint density at radius 3 is 1.70 bits per heavy atom. The van der Waals surface area contributed by atoms with Gasteiger partial charge in [-0.3, -0.25) is 4.79 Å². The molecule has 0 aromatic carbocycles. The lowest BCUT2D eigenvalue weighted by molar-refractivity contribution is -0.121. The highest BCUT2D eigenvalue weighted by molar-refractivity contribution is 6.31. The Kier molecular flexibility index (Phi) is 4.73. The molecule has 0 aliphatic carbocycles. The van der Waals surface area contributed by atoms with Crippen molar-refractivity contribution in [3.05, 3.63) is 58.1 Å². The Labute approximate surface area is 128 Å². The molecule has 0 spiro atoms. The molecule has 2 rings (SSSR count). The van der Waals surface area contributed by atoms with Gasteiger partial charge in [-0.1, -0.05) is 49.2 Å². The minimum absolute atomic E-state index is 0.0369. The van der Waals surface area contributed by atoms with E-state index in [-0.39, 0.29) is 17.6 Å². The van der Waals surface area contributed by atoms with Crippen molar-refractivity contribution < 1.29 is 4.79 Å². The van der Waals surface area contributed by atoms with Crippen molar-refractivity contribution in [2.75, 3.05) is 0 Å². The molecular weight excluding hydrogens is 295 g/mol. The fourth-order valence-electron chi connectivity index (χ4n) is 2.12. The van der Waals surface area contributed by atoms with Crippen LogP contribution in [0.2, 0.25) is 10.3 Å². The summed E-state index contributed by atoms with van der Waals surface area (Å²) in [6.45, 7) is 3.65. The van der Waals surface area contributed by atoms with Crippen LogP contribution in [0.25, 0.3) is 0 Å². The number of ketones is 1. The molecule has 2 unspecified atom stereocenters. The molecule has 0 bridgehead atoms. The summed E-state index contributed by atoms with van der Waals surface area (Å²) in [5, 5.41) is 0.718. The number of carbonyl (C=O) groups excluding carboxylic acids is 1. The van der Waals surface area contributed by atoms with Crippen LogP contribution in [0.4, 0.5) is 0 Å². The second kappa shape index (κ2) is 6.33. The molecule has 0 radical (unpaired) electrons. The molecule has 0 fully saturated rings. The predicted molar refractivity (Wildman–Crippen MR) is 80.3 cm³/mol. The Morgan fingerprint density at radius 2 is 1.35 bits per heavy atom. The van der Waals surface area contributed by atoms with Gasteiger partial charge in [0, 0.05) is 24.2 Å². The van der Waals surface area contributed by atoms with Crippen molar-refractivity contribution >= 4 is 29.0 Å². The van der Waals surface area contributed by atoms with E-state index >= 15 is 0 Å². The van der Waals surface area contributed by atoms with Crippen LogP contribution in [0.15, 0.2) is 36.7 Å². The van der Waals surface area contributed by atoms with Crippen molar-refractivity contribution in [1.29, 1.82) is 0 Å². The van der Waals surface area contributed by atoms with E-state index in [1.807, 2.05) is 26.0 Å². The lowest BCUT2D eigenvalue weighted by atomic mass is 9.87. The number of halogens is 2. The van der Waals surface area contributed by atoms with Crippen molar-refractivity contribution in [2.24, 2.45) is 0 Å². The van der Waals surface area contributed by atoms with Crippen LogP contribution in [-0.2, 0) is 4.79 Å². The van der Waals surface area contributed by atoms with Crippen LogP contribution in [0.5, 0.6) is 0 Å². The number of pyridine rings is 2. The van der Waals surface area contributed by atoms with E-state index in [0.717, 1.165) is 11.1 Å². The molecular formula is C15H14Cl2N2O. The van der Waals surface area contributed by atoms with E-state index in [1.165, 1.54) is 0 Å². The monoisotopic (exact) mass is 308 g/mol. The third-order valence-corrected chi connectivity index (χ3v) is 3.99. The molecule has 5 heteroatoms. The Balaban J connectivity index is 2.28. The summed E-state index contributed by atoms with van der Waals surface area (Å²) in [5.74, 6) is -0.653. The maximum absolute atomic E-state index is 12.6. The first-order valence-electron chi connectivity index (χ1n) is 6.27. The van der Waals surface area contributed by atoms with E-state index in [9.17, 15) is 4.79 Å². The second-order valence-corrected chi connectivity index (χ2v) is 5.33. The van der Waals surface area contributed by atoms with Crippen molar-refractivity contribution in [3.63, 3.8) is 0 Å². The summed E-state index contributed by atoms with van der Waals surface area (Å²) in [4.78, 5) is 20.6. The third-order valence-electron chi connectivity index (χ3n) is 3.36. The van der Waals surface area contributed by atoms with Gasteiger partial charge in [-0.2, -0.15) is 0 Å². The number of hydrogen-bond acceptors (Lipinski definition) is 3. The van der Waals surface area contributed by atoms with Crippen molar-refractivity contribution in [2.45, 2.75) is 25.7 Å². The zero-order valence-corrected chi connectivity index (χ0v) is 12.7. The molecule has 0 saturated heterocycles. The van der Waals surface area contributed by atoms with Crippen LogP contribution < -0.4 is 0 Å².